The van der Waals surface area contributed by atoms with Gasteiger partial charge in [0.2, 0.25) is 0 Å². The van der Waals surface area contributed by atoms with Gasteiger partial charge in [0.15, 0.2) is 0 Å². The lowest BCUT2D eigenvalue weighted by Gasteiger charge is -2.30. The van der Waals surface area contributed by atoms with E-state index in [0.29, 0.717) is 11.1 Å². The van der Waals surface area contributed by atoms with E-state index in [4.69, 9.17) is 0 Å². The van der Waals surface area contributed by atoms with Gasteiger partial charge in [-0.25, -0.2) is 0 Å². The zero-order valence-electron chi connectivity index (χ0n) is 30.2. The van der Waals surface area contributed by atoms with Crippen LogP contribution in [-0.2, 0) is 5.41 Å². The van der Waals surface area contributed by atoms with E-state index in [9.17, 15) is 9.59 Å². The van der Waals surface area contributed by atoms with E-state index in [2.05, 4.69) is 110 Å². The number of thiophene rings is 2. The van der Waals surface area contributed by atoms with Gasteiger partial charge in [0.1, 0.15) is 0 Å². The molecule has 0 saturated heterocycles. The normalized spacial score (nSPS) is 13.4. The summed E-state index contributed by atoms with van der Waals surface area (Å²) in [7, 11) is 0. The summed E-state index contributed by atoms with van der Waals surface area (Å²) in [4.78, 5) is 31.2. The van der Waals surface area contributed by atoms with Crippen molar-refractivity contribution in [2.75, 3.05) is 0 Å². The van der Waals surface area contributed by atoms with Crippen molar-refractivity contribution < 1.29 is 9.59 Å². The molecule has 0 fully saturated rings. The van der Waals surface area contributed by atoms with Crippen LogP contribution in [0.15, 0.2) is 151 Å². The zero-order chi connectivity index (χ0) is 37.4. The van der Waals surface area contributed by atoms with Crippen LogP contribution >= 0.6 is 22.7 Å². The van der Waals surface area contributed by atoms with Crippen molar-refractivity contribution in [1.29, 1.82) is 0 Å². The maximum atomic E-state index is 14.7. The molecule has 56 heavy (non-hydrogen) atoms. The second kappa shape index (κ2) is 11.2. The number of para-hydroxylation sites is 2. The minimum atomic E-state index is -0.631. The van der Waals surface area contributed by atoms with Crippen molar-refractivity contribution in [2.24, 2.45) is 0 Å². The molecular formula is C50H30N2O2S2. The molecule has 6 aromatic carbocycles. The Balaban J connectivity index is 1.26. The van der Waals surface area contributed by atoms with Crippen molar-refractivity contribution in [1.82, 2.24) is 9.13 Å². The Hall–Kier alpha value is -6.60. The molecule has 2 aliphatic carbocycles. The van der Waals surface area contributed by atoms with Crippen LogP contribution in [0, 0.1) is 6.92 Å². The maximum absolute atomic E-state index is 14.7. The number of aromatic nitrogens is 2. The largest absolute Gasteiger partial charge is 0.276 e. The van der Waals surface area contributed by atoms with E-state index < -0.39 is 5.41 Å². The Labute approximate surface area is 329 Å². The summed E-state index contributed by atoms with van der Waals surface area (Å²) in [5, 5.41) is 8.08. The second-order valence-electron chi connectivity index (χ2n) is 14.8. The summed E-state index contributed by atoms with van der Waals surface area (Å²) in [6.07, 6.45) is 1.77. The molecule has 0 aliphatic heterocycles. The smallest absolute Gasteiger partial charge is 0.264 e. The maximum Gasteiger partial charge on any atom is 0.264 e. The average Bonchev–Trinajstić information content (AvgIpc) is 4.09. The highest BCUT2D eigenvalue weighted by Gasteiger charge is 2.52. The third kappa shape index (κ3) is 3.82. The summed E-state index contributed by atoms with van der Waals surface area (Å²) in [5.41, 5.74) is 13.6. The minimum absolute atomic E-state index is 0.0330. The van der Waals surface area contributed by atoms with Gasteiger partial charge in [0, 0.05) is 31.3 Å². The number of hydrogen-bond donors (Lipinski definition) is 0. The van der Waals surface area contributed by atoms with Crippen LogP contribution in [0.3, 0.4) is 0 Å². The molecule has 4 aromatic heterocycles. The Morgan fingerprint density at radius 1 is 0.518 bits per heavy atom. The molecule has 264 valence electrons. The molecule has 10 aromatic rings. The number of hydrogen-bond acceptors (Lipinski definition) is 4. The fourth-order valence-corrected chi connectivity index (χ4v) is 11.4. The molecular weight excluding hydrogens is 725 g/mol. The second-order valence-corrected chi connectivity index (χ2v) is 16.8. The van der Waals surface area contributed by atoms with Crippen LogP contribution in [-0.4, -0.2) is 20.9 Å². The van der Waals surface area contributed by atoms with Gasteiger partial charge in [-0.1, -0.05) is 97.6 Å². The molecule has 12 rings (SSSR count). The van der Waals surface area contributed by atoms with Crippen molar-refractivity contribution in [2.45, 2.75) is 12.3 Å². The molecule has 0 N–H and O–H groups in total. The fourth-order valence-electron chi connectivity index (χ4n) is 10.00. The first-order valence-electron chi connectivity index (χ1n) is 18.7. The summed E-state index contributed by atoms with van der Waals surface area (Å²) in [5.74, 6) is -0.113. The van der Waals surface area contributed by atoms with Gasteiger partial charge >= 0.3 is 0 Å². The number of carbonyl (C=O) groups is 2. The highest BCUT2D eigenvalue weighted by Crippen LogP contribution is 2.64. The number of nitrogens with zero attached hydrogens (tertiary/aromatic N) is 2. The van der Waals surface area contributed by atoms with Gasteiger partial charge in [-0.3, -0.25) is 18.7 Å². The topological polar surface area (TPSA) is 44.0 Å². The predicted molar refractivity (Wildman–Crippen MR) is 232 cm³/mol. The van der Waals surface area contributed by atoms with Crippen molar-refractivity contribution in [3.63, 3.8) is 0 Å². The number of rotatable bonds is 3. The quantitative estimate of drug-likeness (QED) is 0.180. The van der Waals surface area contributed by atoms with Gasteiger partial charge in [-0.2, -0.15) is 0 Å². The molecule has 2 aliphatic rings. The Bertz CT molecular complexity index is 3360. The third-order valence-electron chi connectivity index (χ3n) is 12.3. The van der Waals surface area contributed by atoms with Gasteiger partial charge in [-0.15, -0.1) is 22.7 Å². The molecule has 0 amide bonds. The molecule has 1 spiro atoms. The Morgan fingerprint density at radius 2 is 1.00 bits per heavy atom. The van der Waals surface area contributed by atoms with Crippen LogP contribution in [0.5, 0.6) is 0 Å². The first-order chi connectivity index (χ1) is 27.5. The Morgan fingerprint density at radius 3 is 1.54 bits per heavy atom. The van der Waals surface area contributed by atoms with Gasteiger partial charge in [0.25, 0.3) is 11.8 Å². The average molecular weight is 755 g/mol. The summed E-state index contributed by atoms with van der Waals surface area (Å²) >= 11 is 3.11. The summed E-state index contributed by atoms with van der Waals surface area (Å²) < 4.78 is 3.80. The Kier molecular flexibility index (Phi) is 6.36. The summed E-state index contributed by atoms with van der Waals surface area (Å²) in [6, 6.07) is 47.1. The van der Waals surface area contributed by atoms with Crippen LogP contribution in [0.2, 0.25) is 0 Å². The number of aryl methyl sites for hydroxylation is 1. The molecule has 4 heterocycles. The van der Waals surface area contributed by atoms with E-state index in [1.54, 1.807) is 17.4 Å². The molecule has 0 bridgehead atoms. The van der Waals surface area contributed by atoms with E-state index >= 15 is 0 Å². The van der Waals surface area contributed by atoms with Crippen LogP contribution in [0.4, 0.5) is 0 Å². The SMILES string of the molecule is C=Cc1sccc1C(=O)n1c2ccccc2c2cc3c(cc21)-c1cc2c(cc1C31c3ccccc3-c3ccccc31)c1ccccc1n2C(=O)c1ccsc1C. The lowest BCUT2D eigenvalue weighted by Crippen LogP contribution is -2.25. The van der Waals surface area contributed by atoms with Crippen LogP contribution < -0.4 is 0 Å². The first kappa shape index (κ1) is 31.7. The zero-order valence-corrected chi connectivity index (χ0v) is 31.8. The molecule has 0 unspecified atom stereocenters. The highest BCUT2D eigenvalue weighted by atomic mass is 32.1. The molecule has 4 nitrogen and oxygen atoms in total. The number of carbonyl (C=O) groups excluding carboxylic acids is 2. The fraction of sp³-hybridized carbons (Fsp3) is 0.0400. The predicted octanol–water partition coefficient (Wildman–Crippen LogP) is 12.7. The third-order valence-corrected chi connectivity index (χ3v) is 14.0. The van der Waals surface area contributed by atoms with E-state index in [-0.39, 0.29) is 11.8 Å². The van der Waals surface area contributed by atoms with E-state index in [1.165, 1.54) is 44.7 Å². The van der Waals surface area contributed by atoms with Crippen molar-refractivity contribution in [3.8, 4) is 22.3 Å². The van der Waals surface area contributed by atoms with Gasteiger partial charge in [-0.05, 0) is 111 Å². The van der Waals surface area contributed by atoms with Gasteiger partial charge in [0.05, 0.1) is 38.6 Å². The van der Waals surface area contributed by atoms with Crippen molar-refractivity contribution in [3.05, 3.63) is 194 Å². The van der Waals surface area contributed by atoms with Crippen LogP contribution in [0.25, 0.3) is 71.9 Å². The summed E-state index contributed by atoms with van der Waals surface area (Å²) in [6.45, 7) is 6.02. The minimum Gasteiger partial charge on any atom is -0.276 e. The highest BCUT2D eigenvalue weighted by molar-refractivity contribution is 7.11. The molecule has 0 atom stereocenters. The van der Waals surface area contributed by atoms with Crippen LogP contribution in [0.1, 0.15) is 52.7 Å². The van der Waals surface area contributed by atoms with Crippen molar-refractivity contribution >= 4 is 84.2 Å². The molecule has 6 heteroatoms. The first-order valence-corrected chi connectivity index (χ1v) is 20.4. The number of benzene rings is 6. The lowest BCUT2D eigenvalue weighted by atomic mass is 9.70. The van der Waals surface area contributed by atoms with E-state index in [0.717, 1.165) is 64.5 Å². The van der Waals surface area contributed by atoms with E-state index in [1.807, 2.05) is 57.1 Å². The monoisotopic (exact) mass is 754 g/mol. The lowest BCUT2D eigenvalue weighted by molar-refractivity contribution is 0.0961. The van der Waals surface area contributed by atoms with Gasteiger partial charge < -0.3 is 0 Å². The standard InChI is InChI=1S/C50H30N2O2S2/c1-3-47-34(21-23-56-47)49(54)52-44-19-11-7-15-33(44)38-25-42-36(27-46(38)52)35-26-45-37(32-14-6-10-18-43(32)51(45)48(53)29-20-22-55-28(29)2)24-41(35)50(42)39-16-8-4-12-30(39)31-13-5-9-17-40(31)50/h3-27H,1H2,2H3. The molecule has 0 saturated carbocycles. The number of fused-ring (bicyclic) bond motifs is 16. The molecule has 0 radical (unpaired) electrons.